The van der Waals surface area contributed by atoms with Gasteiger partial charge in [-0.15, -0.1) is 0 Å². The molecule has 0 bridgehead atoms. The van der Waals surface area contributed by atoms with Crippen molar-refractivity contribution in [2.45, 2.75) is 32.8 Å². The molecule has 1 saturated heterocycles. The highest BCUT2D eigenvalue weighted by atomic mass is 19.1. The molecule has 1 aliphatic heterocycles. The molecule has 0 radical (unpaired) electrons. The number of aryl methyl sites for hydroxylation is 2. The molecule has 0 aliphatic carbocycles. The molecule has 3 aromatic carbocycles. The molecule has 4 rings (SSSR count). The Morgan fingerprint density at radius 2 is 1.63 bits per heavy atom. The van der Waals surface area contributed by atoms with Crippen molar-refractivity contribution in [1.82, 2.24) is 4.90 Å². The zero-order valence-corrected chi connectivity index (χ0v) is 19.5. The summed E-state index contributed by atoms with van der Waals surface area (Å²) < 4.78 is 32.8. The third kappa shape index (κ3) is 5.77. The molecular weight excluding hydrogens is 454 g/mol. The monoisotopic (exact) mass is 480 g/mol. The Balaban J connectivity index is 1.36. The van der Waals surface area contributed by atoms with Crippen molar-refractivity contribution in [1.29, 1.82) is 0 Å². The van der Waals surface area contributed by atoms with Gasteiger partial charge in [0.15, 0.2) is 0 Å². The first kappa shape index (κ1) is 24.2. The van der Waals surface area contributed by atoms with E-state index in [0.717, 1.165) is 23.4 Å². The molecule has 182 valence electrons. The smallest absolute Gasteiger partial charge is 0.257 e. The number of anilines is 1. The predicted molar refractivity (Wildman–Crippen MR) is 128 cm³/mol. The van der Waals surface area contributed by atoms with E-state index in [1.165, 1.54) is 23.8 Å². The Kier molecular flexibility index (Phi) is 7.00. The topological polar surface area (TPSA) is 78.9 Å². The number of carbonyl (C=O) groups excluding carboxylic acids is 2. The Bertz CT molecular complexity index is 1250. The van der Waals surface area contributed by atoms with Crippen LogP contribution in [0.4, 0.5) is 14.5 Å². The van der Waals surface area contributed by atoms with E-state index in [4.69, 9.17) is 4.74 Å². The van der Waals surface area contributed by atoms with E-state index in [1.54, 1.807) is 4.90 Å². The second-order valence-electron chi connectivity index (χ2n) is 8.70. The van der Waals surface area contributed by atoms with Crippen LogP contribution in [0, 0.1) is 25.5 Å². The molecular formula is C27H26F2N2O4. The van der Waals surface area contributed by atoms with Gasteiger partial charge in [-0.1, -0.05) is 6.07 Å². The lowest BCUT2D eigenvalue weighted by atomic mass is 10.0. The number of hydrogen-bond acceptors (Lipinski definition) is 4. The highest BCUT2D eigenvalue weighted by Gasteiger charge is 2.26. The zero-order chi connectivity index (χ0) is 25.1. The van der Waals surface area contributed by atoms with Gasteiger partial charge in [0.25, 0.3) is 11.8 Å². The van der Waals surface area contributed by atoms with Crippen LogP contribution < -0.4 is 10.1 Å². The number of piperidine rings is 1. The lowest BCUT2D eigenvalue weighted by Gasteiger charge is -2.32. The number of likely N-dealkylation sites (tertiary alicyclic amines) is 1. The number of amides is 2. The first-order valence-corrected chi connectivity index (χ1v) is 11.3. The molecule has 2 N–H and O–H groups in total. The number of benzene rings is 3. The van der Waals surface area contributed by atoms with E-state index in [2.05, 4.69) is 5.32 Å². The lowest BCUT2D eigenvalue weighted by Crippen LogP contribution is -2.41. The summed E-state index contributed by atoms with van der Waals surface area (Å²) in [6.45, 7) is 5.05. The van der Waals surface area contributed by atoms with Gasteiger partial charge in [0.2, 0.25) is 0 Å². The quantitative estimate of drug-likeness (QED) is 0.525. The summed E-state index contributed by atoms with van der Waals surface area (Å²) in [4.78, 5) is 26.9. The standard InChI is InChI=1S/C27H26F2N2O4/c1-16-3-5-23(11-17(16)2)35-22-7-9-31(10-8-22)27(34)24-6-4-21(15-25(24)32)30-26(33)18-12-19(28)14-20(29)13-18/h3-6,11-15,22,32H,7-10H2,1-2H3,(H,30,33). The number of halogens is 2. The number of hydrogen-bond donors (Lipinski definition) is 2. The van der Waals surface area contributed by atoms with Crippen LogP contribution in [0.2, 0.25) is 0 Å². The molecule has 0 atom stereocenters. The third-order valence-electron chi connectivity index (χ3n) is 6.12. The van der Waals surface area contributed by atoms with E-state index in [0.29, 0.717) is 32.0 Å². The van der Waals surface area contributed by atoms with E-state index < -0.39 is 17.5 Å². The van der Waals surface area contributed by atoms with Gasteiger partial charge in [-0.05, 0) is 61.4 Å². The molecule has 0 aromatic heterocycles. The summed E-state index contributed by atoms with van der Waals surface area (Å²) in [5.74, 6) is -2.30. The summed E-state index contributed by atoms with van der Waals surface area (Å²) >= 11 is 0. The van der Waals surface area contributed by atoms with E-state index in [9.17, 15) is 23.5 Å². The average Bonchev–Trinajstić information content (AvgIpc) is 2.81. The van der Waals surface area contributed by atoms with Crippen molar-refractivity contribution in [2.75, 3.05) is 18.4 Å². The van der Waals surface area contributed by atoms with Crippen LogP contribution in [0.5, 0.6) is 11.5 Å². The molecule has 35 heavy (non-hydrogen) atoms. The Labute approximate surface area is 202 Å². The van der Waals surface area contributed by atoms with Crippen LogP contribution >= 0.6 is 0 Å². The molecule has 2 amide bonds. The SMILES string of the molecule is Cc1ccc(OC2CCN(C(=O)c3ccc(NC(=O)c4cc(F)cc(F)c4)cc3O)CC2)cc1C. The summed E-state index contributed by atoms with van der Waals surface area (Å²) in [6, 6.07) is 12.6. The highest BCUT2D eigenvalue weighted by Crippen LogP contribution is 2.27. The van der Waals surface area contributed by atoms with Crippen molar-refractivity contribution in [2.24, 2.45) is 0 Å². The van der Waals surface area contributed by atoms with Gasteiger partial charge in [0.05, 0.1) is 5.56 Å². The Morgan fingerprint density at radius 1 is 0.943 bits per heavy atom. The second kappa shape index (κ2) is 10.1. The van der Waals surface area contributed by atoms with Crippen molar-refractivity contribution in [3.8, 4) is 11.5 Å². The number of nitrogens with zero attached hydrogens (tertiary/aromatic N) is 1. The predicted octanol–water partition coefficient (Wildman–Crippen LogP) is 5.22. The Hall–Kier alpha value is -3.94. The molecule has 1 heterocycles. The molecule has 1 fully saturated rings. The molecule has 3 aromatic rings. The van der Waals surface area contributed by atoms with E-state index >= 15 is 0 Å². The van der Waals surface area contributed by atoms with Crippen molar-refractivity contribution >= 4 is 17.5 Å². The fourth-order valence-electron chi connectivity index (χ4n) is 4.01. The molecule has 0 saturated carbocycles. The molecule has 6 nitrogen and oxygen atoms in total. The number of phenols is 1. The maximum atomic E-state index is 13.4. The Morgan fingerprint density at radius 3 is 2.26 bits per heavy atom. The number of rotatable bonds is 5. The number of carbonyl (C=O) groups is 2. The van der Waals surface area contributed by atoms with Gasteiger partial charge in [0, 0.05) is 49.3 Å². The summed E-state index contributed by atoms with van der Waals surface area (Å²) in [5.41, 5.74) is 2.45. The third-order valence-corrected chi connectivity index (χ3v) is 6.12. The minimum Gasteiger partial charge on any atom is -0.507 e. The first-order chi connectivity index (χ1) is 16.7. The van der Waals surface area contributed by atoms with Gasteiger partial charge < -0.3 is 20.1 Å². The van der Waals surface area contributed by atoms with Gasteiger partial charge in [0.1, 0.15) is 29.2 Å². The van der Waals surface area contributed by atoms with Crippen molar-refractivity contribution in [3.05, 3.63) is 88.5 Å². The fourth-order valence-corrected chi connectivity index (χ4v) is 4.01. The first-order valence-electron chi connectivity index (χ1n) is 11.3. The normalized spacial score (nSPS) is 14.0. The van der Waals surface area contributed by atoms with Gasteiger partial charge in [-0.25, -0.2) is 8.78 Å². The van der Waals surface area contributed by atoms with Crippen LogP contribution in [-0.2, 0) is 0 Å². The van der Waals surface area contributed by atoms with Crippen LogP contribution in [0.3, 0.4) is 0 Å². The summed E-state index contributed by atoms with van der Waals surface area (Å²) in [7, 11) is 0. The van der Waals surface area contributed by atoms with Crippen LogP contribution in [0.25, 0.3) is 0 Å². The number of ether oxygens (including phenoxy) is 1. The highest BCUT2D eigenvalue weighted by molar-refractivity contribution is 6.05. The molecule has 0 spiro atoms. The molecule has 1 aliphatic rings. The number of nitrogens with one attached hydrogen (secondary N) is 1. The average molecular weight is 481 g/mol. The van der Waals surface area contributed by atoms with Gasteiger partial charge in [-0.3, -0.25) is 9.59 Å². The minimum atomic E-state index is -0.873. The second-order valence-corrected chi connectivity index (χ2v) is 8.70. The maximum Gasteiger partial charge on any atom is 0.257 e. The van der Waals surface area contributed by atoms with Crippen LogP contribution in [0.15, 0.2) is 54.6 Å². The van der Waals surface area contributed by atoms with Gasteiger partial charge >= 0.3 is 0 Å². The van der Waals surface area contributed by atoms with E-state index in [-0.39, 0.29) is 34.6 Å². The summed E-state index contributed by atoms with van der Waals surface area (Å²) in [5, 5.41) is 12.9. The molecule has 0 unspecified atom stereocenters. The van der Waals surface area contributed by atoms with Crippen LogP contribution in [-0.4, -0.2) is 41.0 Å². The largest absolute Gasteiger partial charge is 0.507 e. The zero-order valence-electron chi connectivity index (χ0n) is 19.5. The van der Waals surface area contributed by atoms with Crippen molar-refractivity contribution in [3.63, 3.8) is 0 Å². The number of aromatic hydroxyl groups is 1. The maximum absolute atomic E-state index is 13.4. The summed E-state index contributed by atoms with van der Waals surface area (Å²) in [6.07, 6.45) is 1.33. The lowest BCUT2D eigenvalue weighted by molar-refractivity contribution is 0.0593. The fraction of sp³-hybridized carbons (Fsp3) is 0.259. The van der Waals surface area contributed by atoms with Crippen LogP contribution in [0.1, 0.15) is 44.7 Å². The number of phenolic OH excluding ortho intramolecular Hbond substituents is 1. The van der Waals surface area contributed by atoms with Crippen molar-refractivity contribution < 1.29 is 28.2 Å². The van der Waals surface area contributed by atoms with E-state index in [1.807, 2.05) is 32.0 Å². The van der Waals surface area contributed by atoms with Gasteiger partial charge in [-0.2, -0.15) is 0 Å². The molecule has 8 heteroatoms. The minimum absolute atomic E-state index is 0.00000137.